The topological polar surface area (TPSA) is 75.9 Å². The van der Waals surface area contributed by atoms with Crippen molar-refractivity contribution in [2.45, 2.75) is 25.4 Å². The molecule has 1 saturated heterocycles. The van der Waals surface area contributed by atoms with Crippen LogP contribution in [0.15, 0.2) is 36.9 Å². The van der Waals surface area contributed by atoms with Crippen molar-refractivity contribution < 1.29 is 22.1 Å². The summed E-state index contributed by atoms with van der Waals surface area (Å²) in [6, 6.07) is 3.48. The Morgan fingerprint density at radius 1 is 1.19 bits per heavy atom. The Labute approximate surface area is 181 Å². The van der Waals surface area contributed by atoms with E-state index >= 15 is 0 Å². The summed E-state index contributed by atoms with van der Waals surface area (Å²) in [5.74, 6) is -0.172. The molecule has 3 aromatic heterocycles. The van der Waals surface area contributed by atoms with Gasteiger partial charge in [-0.15, -0.1) is 0 Å². The molecule has 164 valence electrons. The molecule has 3 aromatic rings. The van der Waals surface area contributed by atoms with Crippen molar-refractivity contribution in [1.29, 1.82) is 0 Å². The summed E-state index contributed by atoms with van der Waals surface area (Å²) in [5.41, 5.74) is 1.85. The van der Waals surface area contributed by atoms with Gasteiger partial charge in [0.05, 0.1) is 24.3 Å². The number of anilines is 1. The third-order valence-electron chi connectivity index (χ3n) is 5.40. The Morgan fingerprint density at radius 2 is 2.00 bits per heavy atom. The molecule has 1 amide bonds. The molecular formula is C21H23F3N6O. The maximum Gasteiger partial charge on any atom is 0.390 e. The third-order valence-corrected chi connectivity index (χ3v) is 5.40. The van der Waals surface area contributed by atoms with Crippen molar-refractivity contribution in [3.05, 3.63) is 36.9 Å². The van der Waals surface area contributed by atoms with E-state index in [9.17, 15) is 18.0 Å². The van der Waals surface area contributed by atoms with E-state index in [1.54, 1.807) is 23.2 Å². The maximum absolute atomic E-state index is 12.7. The number of carbonyl (C=O) groups excluding carboxylic acids is 1. The largest absolute Gasteiger partial charge is 0.390 e. The number of likely N-dealkylation sites (tertiary alicyclic amines) is 1. The number of aromatic nitrogens is 4. The first-order valence-electron chi connectivity index (χ1n) is 11.4. The Morgan fingerprint density at radius 3 is 2.71 bits per heavy atom. The summed E-state index contributed by atoms with van der Waals surface area (Å²) in [7, 11) is 0. The number of hydrogen-bond acceptors (Lipinski definition) is 5. The van der Waals surface area contributed by atoms with E-state index in [-0.39, 0.29) is 18.4 Å². The number of carbonyl (C=O) groups is 1. The molecule has 0 radical (unpaired) electrons. The van der Waals surface area contributed by atoms with E-state index in [1.807, 2.05) is 0 Å². The van der Waals surface area contributed by atoms with E-state index in [0.29, 0.717) is 53.8 Å². The lowest BCUT2D eigenvalue weighted by atomic mass is 9.96. The molecule has 1 fully saturated rings. The SMILES string of the molecule is [2H]C([2H])([2H])n1cc(-c2cnc3cnc(NC(=O)C4CCN(CCC(F)(F)F)CC4)cc3c2)cn1. The first-order valence-corrected chi connectivity index (χ1v) is 9.89. The van der Waals surface area contributed by atoms with Crippen LogP contribution in [0.3, 0.4) is 0 Å². The number of nitrogens with zero attached hydrogens (tertiary/aromatic N) is 5. The molecule has 1 aliphatic heterocycles. The molecule has 0 aliphatic carbocycles. The Balaban J connectivity index is 1.41. The number of halogens is 3. The summed E-state index contributed by atoms with van der Waals surface area (Å²) < 4.78 is 60.4. The smallest absolute Gasteiger partial charge is 0.310 e. The number of piperidine rings is 1. The zero-order valence-corrected chi connectivity index (χ0v) is 16.6. The highest BCUT2D eigenvalue weighted by Crippen LogP contribution is 2.25. The van der Waals surface area contributed by atoms with Crippen molar-refractivity contribution in [2.24, 2.45) is 12.9 Å². The first-order chi connectivity index (χ1) is 16.0. The van der Waals surface area contributed by atoms with Gasteiger partial charge < -0.3 is 10.2 Å². The molecule has 0 atom stereocenters. The molecule has 4 rings (SSSR count). The van der Waals surface area contributed by atoms with E-state index in [0.717, 1.165) is 4.68 Å². The molecule has 0 aromatic carbocycles. The molecule has 0 unspecified atom stereocenters. The quantitative estimate of drug-likeness (QED) is 0.662. The number of amides is 1. The molecular weight excluding hydrogens is 409 g/mol. The lowest BCUT2D eigenvalue weighted by molar-refractivity contribution is -0.139. The fourth-order valence-electron chi connectivity index (χ4n) is 3.66. The van der Waals surface area contributed by atoms with Crippen molar-refractivity contribution in [2.75, 3.05) is 25.0 Å². The molecule has 0 saturated carbocycles. The van der Waals surface area contributed by atoms with Crippen molar-refractivity contribution in [1.82, 2.24) is 24.6 Å². The number of rotatable bonds is 5. The molecule has 1 aliphatic rings. The minimum Gasteiger partial charge on any atom is -0.310 e. The summed E-state index contributed by atoms with van der Waals surface area (Å²) in [6.07, 6.45) is 1.92. The Bertz CT molecular complexity index is 1170. The molecule has 31 heavy (non-hydrogen) atoms. The van der Waals surface area contributed by atoms with E-state index in [4.69, 9.17) is 4.11 Å². The van der Waals surface area contributed by atoms with E-state index in [2.05, 4.69) is 20.4 Å². The van der Waals surface area contributed by atoms with Crippen LogP contribution in [0.5, 0.6) is 0 Å². The lowest BCUT2D eigenvalue weighted by Crippen LogP contribution is -2.39. The van der Waals surface area contributed by atoms with Crippen LogP contribution in [0.4, 0.5) is 19.0 Å². The van der Waals surface area contributed by atoms with Gasteiger partial charge in [-0.1, -0.05) is 0 Å². The number of hydrogen-bond donors (Lipinski definition) is 1. The van der Waals surface area contributed by atoms with Crippen LogP contribution in [0.25, 0.3) is 22.0 Å². The predicted molar refractivity (Wildman–Crippen MR) is 110 cm³/mol. The van der Waals surface area contributed by atoms with Crippen LogP contribution in [0, 0.1) is 5.92 Å². The summed E-state index contributed by atoms with van der Waals surface area (Å²) in [4.78, 5) is 23.0. The minimum absolute atomic E-state index is 0.0509. The maximum atomic E-state index is 12.7. The van der Waals surface area contributed by atoms with E-state index < -0.39 is 19.6 Å². The van der Waals surface area contributed by atoms with Crippen LogP contribution in [0.2, 0.25) is 0 Å². The normalized spacial score (nSPS) is 17.8. The number of aryl methyl sites for hydroxylation is 1. The molecule has 0 spiro atoms. The monoisotopic (exact) mass is 435 g/mol. The second-order valence-electron chi connectivity index (χ2n) is 7.63. The zero-order valence-electron chi connectivity index (χ0n) is 19.6. The highest BCUT2D eigenvalue weighted by atomic mass is 19.4. The minimum atomic E-state index is -4.18. The molecule has 1 N–H and O–H groups in total. The average molecular weight is 435 g/mol. The van der Waals surface area contributed by atoms with Gasteiger partial charge in [-0.05, 0) is 38.1 Å². The van der Waals surface area contributed by atoms with Gasteiger partial charge in [-0.25, -0.2) is 4.98 Å². The van der Waals surface area contributed by atoms with Crippen molar-refractivity contribution in [3.8, 4) is 11.1 Å². The zero-order chi connectivity index (χ0) is 24.5. The highest BCUT2D eigenvalue weighted by molar-refractivity contribution is 5.94. The number of alkyl halides is 3. The average Bonchev–Trinajstić information content (AvgIpc) is 3.28. The summed E-state index contributed by atoms with van der Waals surface area (Å²) in [6.45, 7) is -1.55. The molecule has 10 heteroatoms. The standard InChI is InChI=1S/C21H23F3N6O/c1-29-13-17(11-27-29)16-8-15-9-19(26-12-18(15)25-10-16)28-20(31)14-2-5-30(6-3-14)7-4-21(22,23)24/h8-14H,2-7H2,1H3,(H,26,28,31)/i1D3. The van der Waals surface area contributed by atoms with Crippen LogP contribution in [0.1, 0.15) is 23.4 Å². The number of pyridine rings is 2. The first kappa shape index (κ1) is 17.6. The lowest BCUT2D eigenvalue weighted by Gasteiger charge is -2.31. The van der Waals surface area contributed by atoms with Crippen molar-refractivity contribution >= 4 is 22.6 Å². The van der Waals surface area contributed by atoms with Crippen LogP contribution in [-0.4, -0.2) is 56.4 Å². The number of fused-ring (bicyclic) bond motifs is 1. The van der Waals surface area contributed by atoms with Gasteiger partial charge in [0.15, 0.2) is 0 Å². The second-order valence-corrected chi connectivity index (χ2v) is 7.63. The van der Waals surface area contributed by atoms with Crippen molar-refractivity contribution in [3.63, 3.8) is 0 Å². The van der Waals surface area contributed by atoms with Crippen LogP contribution < -0.4 is 5.32 Å². The Kier molecular flexibility index (Phi) is 4.91. The van der Waals surface area contributed by atoms with Gasteiger partial charge in [0, 0.05) is 52.5 Å². The Hall–Kier alpha value is -3.01. The van der Waals surface area contributed by atoms with Crippen LogP contribution >= 0.6 is 0 Å². The summed E-state index contributed by atoms with van der Waals surface area (Å²) >= 11 is 0. The number of nitrogens with one attached hydrogen (secondary N) is 1. The third kappa shape index (κ3) is 5.38. The van der Waals surface area contributed by atoms with Gasteiger partial charge in [-0.2, -0.15) is 18.3 Å². The van der Waals surface area contributed by atoms with Gasteiger partial charge in [0.1, 0.15) is 5.82 Å². The second kappa shape index (κ2) is 8.62. The van der Waals surface area contributed by atoms with Gasteiger partial charge in [-0.3, -0.25) is 14.5 Å². The highest BCUT2D eigenvalue weighted by Gasteiger charge is 2.30. The molecule has 0 bridgehead atoms. The summed E-state index contributed by atoms with van der Waals surface area (Å²) in [5, 5.41) is 7.37. The molecule has 7 nitrogen and oxygen atoms in total. The fraction of sp³-hybridized carbons (Fsp3) is 0.429. The van der Waals surface area contributed by atoms with Gasteiger partial charge >= 0.3 is 6.18 Å². The van der Waals surface area contributed by atoms with Gasteiger partial charge in [0.2, 0.25) is 5.91 Å². The fourth-order valence-corrected chi connectivity index (χ4v) is 3.66. The van der Waals surface area contributed by atoms with Crippen LogP contribution in [-0.2, 0) is 11.8 Å². The van der Waals surface area contributed by atoms with E-state index in [1.165, 1.54) is 18.6 Å². The molecule has 4 heterocycles. The van der Waals surface area contributed by atoms with Gasteiger partial charge in [0.25, 0.3) is 0 Å². The predicted octanol–water partition coefficient (Wildman–Crippen LogP) is 3.63.